The number of rotatable bonds is 6. The first-order chi connectivity index (χ1) is 20.8. The second kappa shape index (κ2) is 11.4. The van der Waals surface area contributed by atoms with E-state index in [-0.39, 0.29) is 0 Å². The van der Waals surface area contributed by atoms with Crippen molar-refractivity contribution in [3.63, 3.8) is 0 Å². The van der Waals surface area contributed by atoms with Crippen molar-refractivity contribution in [3.8, 4) is 67.8 Å². The molecule has 0 saturated carbocycles. The van der Waals surface area contributed by atoms with E-state index in [1.165, 1.54) is 5.56 Å². The van der Waals surface area contributed by atoms with E-state index in [9.17, 15) is 0 Å². The molecule has 0 bridgehead atoms. The molecular weight excluding hydrogens is 514 g/mol. The fraction of sp³-hybridized carbons (Fsp3) is 0. The Balaban J connectivity index is 1.22. The fourth-order valence-corrected chi connectivity index (χ4v) is 4.83. The smallest absolute Gasteiger partial charge is 0.164 e. The Morgan fingerprint density at radius 3 is 1.24 bits per heavy atom. The molecule has 7 rings (SSSR count). The zero-order valence-corrected chi connectivity index (χ0v) is 22.7. The van der Waals surface area contributed by atoms with Gasteiger partial charge in [0.2, 0.25) is 0 Å². The Kier molecular flexibility index (Phi) is 6.81. The van der Waals surface area contributed by atoms with Crippen LogP contribution in [-0.2, 0) is 0 Å². The van der Waals surface area contributed by atoms with Gasteiger partial charge >= 0.3 is 0 Å². The molecule has 198 valence electrons. The lowest BCUT2D eigenvalue weighted by Gasteiger charge is -2.10. The third-order valence-corrected chi connectivity index (χ3v) is 7.08. The van der Waals surface area contributed by atoms with Gasteiger partial charge in [-0.1, -0.05) is 115 Å². The summed E-state index contributed by atoms with van der Waals surface area (Å²) in [6, 6.07) is 46.8. The van der Waals surface area contributed by atoms with E-state index in [1.807, 2.05) is 97.2 Å². The summed E-state index contributed by atoms with van der Waals surface area (Å²) in [5, 5.41) is 0. The molecule has 0 amide bonds. The summed E-state index contributed by atoms with van der Waals surface area (Å²) in [6.07, 6.45) is 3.65. The summed E-state index contributed by atoms with van der Waals surface area (Å²) in [6.45, 7) is 0. The molecule has 0 aliphatic heterocycles. The van der Waals surface area contributed by atoms with Gasteiger partial charge in [0.25, 0.3) is 0 Å². The summed E-state index contributed by atoms with van der Waals surface area (Å²) in [5.74, 6) is 1.89. The third-order valence-electron chi connectivity index (χ3n) is 7.08. The van der Waals surface area contributed by atoms with Crippen LogP contribution in [0, 0.1) is 0 Å². The first-order valence-corrected chi connectivity index (χ1v) is 13.8. The monoisotopic (exact) mass is 539 g/mol. The predicted molar refractivity (Wildman–Crippen MR) is 168 cm³/mol. The maximum Gasteiger partial charge on any atom is 0.164 e. The number of hydrogen-bond donors (Lipinski definition) is 0. The summed E-state index contributed by atoms with van der Waals surface area (Å²) in [4.78, 5) is 23.7. The Labute approximate surface area is 244 Å². The van der Waals surface area contributed by atoms with Crippen LogP contribution in [0.1, 0.15) is 0 Å². The van der Waals surface area contributed by atoms with Gasteiger partial charge in [0.1, 0.15) is 0 Å². The van der Waals surface area contributed by atoms with E-state index < -0.39 is 0 Å². The van der Waals surface area contributed by atoms with Crippen LogP contribution in [0.25, 0.3) is 67.8 Å². The van der Waals surface area contributed by atoms with Crippen LogP contribution in [0.4, 0.5) is 0 Å². The highest BCUT2D eigenvalue weighted by atomic mass is 15.0. The second-order valence-electron chi connectivity index (χ2n) is 9.84. The second-order valence-corrected chi connectivity index (χ2v) is 9.84. The SMILES string of the molecule is c1ccc(-c2ccc(-c3nc(-c4ccccc4)nc(-c4ccc(-c5ccc(-c6ccccn6)cn5)cc4)n3)cc2)cc1. The molecule has 42 heavy (non-hydrogen) atoms. The number of hydrogen-bond acceptors (Lipinski definition) is 5. The van der Waals surface area contributed by atoms with Crippen LogP contribution in [0.3, 0.4) is 0 Å². The molecule has 0 atom stereocenters. The first kappa shape index (κ1) is 25.2. The molecule has 0 fully saturated rings. The molecule has 0 radical (unpaired) electrons. The Morgan fingerprint density at radius 1 is 0.286 bits per heavy atom. The van der Waals surface area contributed by atoms with Crippen LogP contribution in [0.2, 0.25) is 0 Å². The van der Waals surface area contributed by atoms with Crippen molar-refractivity contribution in [1.29, 1.82) is 0 Å². The molecule has 5 heteroatoms. The highest BCUT2D eigenvalue weighted by Crippen LogP contribution is 2.28. The van der Waals surface area contributed by atoms with Gasteiger partial charge in [-0.25, -0.2) is 15.0 Å². The normalized spacial score (nSPS) is 10.9. The summed E-state index contributed by atoms with van der Waals surface area (Å²) >= 11 is 0. The van der Waals surface area contributed by atoms with Crippen molar-refractivity contribution < 1.29 is 0 Å². The molecule has 7 aromatic rings. The van der Waals surface area contributed by atoms with Gasteiger partial charge < -0.3 is 0 Å². The van der Waals surface area contributed by atoms with Gasteiger partial charge in [-0.2, -0.15) is 0 Å². The number of pyridine rings is 2. The topological polar surface area (TPSA) is 64.5 Å². The average Bonchev–Trinajstić information content (AvgIpc) is 3.09. The van der Waals surface area contributed by atoms with Crippen molar-refractivity contribution in [2.45, 2.75) is 0 Å². The van der Waals surface area contributed by atoms with Crippen molar-refractivity contribution >= 4 is 0 Å². The van der Waals surface area contributed by atoms with Crippen molar-refractivity contribution in [1.82, 2.24) is 24.9 Å². The molecule has 4 aromatic carbocycles. The summed E-state index contributed by atoms with van der Waals surface area (Å²) in [5.41, 5.74) is 8.90. The van der Waals surface area contributed by atoms with E-state index in [4.69, 9.17) is 15.0 Å². The molecule has 5 nitrogen and oxygen atoms in total. The lowest BCUT2D eigenvalue weighted by molar-refractivity contribution is 1.07. The summed E-state index contributed by atoms with van der Waals surface area (Å²) in [7, 11) is 0. The van der Waals surface area contributed by atoms with Crippen molar-refractivity contribution in [3.05, 3.63) is 152 Å². The standard InChI is InChI=1S/C37H25N5/c1-3-9-26(10-4-1)27-14-18-30(19-15-27)36-40-35(29-11-5-2-6-12-29)41-37(42-36)31-20-16-28(17-21-31)34-23-22-32(25-39-34)33-13-7-8-24-38-33/h1-25H. The molecule has 0 saturated heterocycles. The zero-order chi connectivity index (χ0) is 28.1. The lowest BCUT2D eigenvalue weighted by atomic mass is 10.0. The van der Waals surface area contributed by atoms with E-state index in [0.29, 0.717) is 17.5 Å². The van der Waals surface area contributed by atoms with Crippen LogP contribution >= 0.6 is 0 Å². The van der Waals surface area contributed by atoms with E-state index >= 15 is 0 Å². The Morgan fingerprint density at radius 2 is 0.714 bits per heavy atom. The minimum Gasteiger partial charge on any atom is -0.256 e. The molecule has 0 unspecified atom stereocenters. The van der Waals surface area contributed by atoms with Gasteiger partial charge in [-0.15, -0.1) is 0 Å². The quantitative estimate of drug-likeness (QED) is 0.212. The maximum absolute atomic E-state index is 4.90. The Bertz CT molecular complexity index is 1920. The minimum absolute atomic E-state index is 0.621. The van der Waals surface area contributed by atoms with Crippen molar-refractivity contribution in [2.75, 3.05) is 0 Å². The van der Waals surface area contributed by atoms with E-state index in [2.05, 4.69) is 58.5 Å². The van der Waals surface area contributed by atoms with Crippen LogP contribution in [-0.4, -0.2) is 24.9 Å². The molecule has 0 spiro atoms. The Hall–Kier alpha value is -5.81. The van der Waals surface area contributed by atoms with Crippen LogP contribution in [0.15, 0.2) is 152 Å². The fourth-order valence-electron chi connectivity index (χ4n) is 4.83. The summed E-state index contributed by atoms with van der Waals surface area (Å²) < 4.78 is 0. The van der Waals surface area contributed by atoms with E-state index in [0.717, 1.165) is 44.8 Å². The first-order valence-electron chi connectivity index (χ1n) is 13.8. The largest absolute Gasteiger partial charge is 0.256 e. The average molecular weight is 540 g/mol. The maximum atomic E-state index is 4.90. The number of benzene rings is 4. The van der Waals surface area contributed by atoms with Crippen molar-refractivity contribution in [2.24, 2.45) is 0 Å². The number of nitrogens with zero attached hydrogens (tertiary/aromatic N) is 5. The minimum atomic E-state index is 0.621. The highest BCUT2D eigenvalue weighted by molar-refractivity contribution is 5.72. The molecule has 0 N–H and O–H groups in total. The van der Waals surface area contributed by atoms with Crippen LogP contribution in [0.5, 0.6) is 0 Å². The van der Waals surface area contributed by atoms with Gasteiger partial charge in [-0.05, 0) is 35.4 Å². The molecule has 3 heterocycles. The van der Waals surface area contributed by atoms with Gasteiger partial charge in [0.15, 0.2) is 17.5 Å². The van der Waals surface area contributed by atoms with Crippen LogP contribution < -0.4 is 0 Å². The molecule has 0 aliphatic carbocycles. The lowest BCUT2D eigenvalue weighted by Crippen LogP contribution is -2.00. The molecule has 0 aliphatic rings. The van der Waals surface area contributed by atoms with Gasteiger partial charge in [0.05, 0.1) is 11.4 Å². The zero-order valence-electron chi connectivity index (χ0n) is 22.7. The molecular formula is C37H25N5. The highest BCUT2D eigenvalue weighted by Gasteiger charge is 2.13. The van der Waals surface area contributed by atoms with Gasteiger partial charge in [-0.3, -0.25) is 9.97 Å². The van der Waals surface area contributed by atoms with Gasteiger partial charge in [0, 0.05) is 40.2 Å². The predicted octanol–water partition coefficient (Wildman–Crippen LogP) is 8.66. The third kappa shape index (κ3) is 5.31. The molecule has 3 aromatic heterocycles. The number of aromatic nitrogens is 5. The van der Waals surface area contributed by atoms with E-state index in [1.54, 1.807) is 6.20 Å².